The van der Waals surface area contributed by atoms with Crippen LogP contribution in [-0.2, 0) is 14.9 Å². The minimum atomic E-state index is 0.0634. The van der Waals surface area contributed by atoms with E-state index >= 15 is 0 Å². The summed E-state index contributed by atoms with van der Waals surface area (Å²) in [6.07, 6.45) is 5.51. The minimum Gasteiger partial charge on any atom is -0.491 e. The van der Waals surface area contributed by atoms with Gasteiger partial charge in [0, 0.05) is 5.41 Å². The van der Waals surface area contributed by atoms with Crippen LogP contribution in [0.1, 0.15) is 43.7 Å². The molecule has 154 valence electrons. The van der Waals surface area contributed by atoms with Gasteiger partial charge >= 0.3 is 0 Å². The van der Waals surface area contributed by atoms with E-state index in [0.717, 1.165) is 30.6 Å². The minimum absolute atomic E-state index is 0.0634. The van der Waals surface area contributed by atoms with Gasteiger partial charge in [-0.2, -0.15) is 0 Å². The standard InChI is InChI=1S/C25H30O4/c1-18-3-2-12-25(13-18,19-4-8-21(9-5-19)26-14-23-16-28-23)20-6-10-22(11-7-20)27-15-24-17-29-24/h4-11,18,23-24H,2-3,12-17H2,1H3. The van der Waals surface area contributed by atoms with Crippen LogP contribution < -0.4 is 9.47 Å². The summed E-state index contributed by atoms with van der Waals surface area (Å²) in [6.45, 7) is 5.33. The molecule has 0 N–H and O–H groups in total. The van der Waals surface area contributed by atoms with E-state index in [0.29, 0.717) is 13.2 Å². The Morgan fingerprint density at radius 2 is 1.31 bits per heavy atom. The zero-order valence-corrected chi connectivity index (χ0v) is 17.1. The normalized spacial score (nSPS) is 30.6. The molecule has 0 amide bonds. The van der Waals surface area contributed by atoms with Crippen molar-refractivity contribution in [2.24, 2.45) is 5.92 Å². The summed E-state index contributed by atoms with van der Waals surface area (Å²) in [5.41, 5.74) is 2.84. The van der Waals surface area contributed by atoms with E-state index < -0.39 is 0 Å². The van der Waals surface area contributed by atoms with E-state index in [1.54, 1.807) is 0 Å². The highest BCUT2D eigenvalue weighted by molar-refractivity contribution is 5.44. The van der Waals surface area contributed by atoms with Crippen molar-refractivity contribution in [2.45, 2.75) is 50.2 Å². The van der Waals surface area contributed by atoms with E-state index in [1.165, 1.54) is 36.8 Å². The van der Waals surface area contributed by atoms with Crippen LogP contribution in [0.3, 0.4) is 0 Å². The predicted octanol–water partition coefficient (Wildman–Crippen LogP) is 4.74. The third-order valence-electron chi connectivity index (χ3n) is 6.49. The second-order valence-corrected chi connectivity index (χ2v) is 8.87. The molecule has 4 nitrogen and oxygen atoms in total. The van der Waals surface area contributed by atoms with Gasteiger partial charge < -0.3 is 18.9 Å². The summed E-state index contributed by atoms with van der Waals surface area (Å²) in [6, 6.07) is 17.5. The predicted molar refractivity (Wildman–Crippen MR) is 112 cm³/mol. The fourth-order valence-electron chi connectivity index (χ4n) is 4.69. The Kier molecular flexibility index (Phi) is 5.23. The molecule has 4 heteroatoms. The molecule has 3 atom stereocenters. The molecule has 0 aromatic heterocycles. The molecular weight excluding hydrogens is 364 g/mol. The van der Waals surface area contributed by atoms with Crippen molar-refractivity contribution >= 4 is 0 Å². The van der Waals surface area contributed by atoms with E-state index in [-0.39, 0.29) is 17.6 Å². The first kappa shape index (κ1) is 19.0. The Hall–Kier alpha value is -2.04. The van der Waals surface area contributed by atoms with Crippen LogP contribution in [0.25, 0.3) is 0 Å². The molecule has 3 aliphatic rings. The van der Waals surface area contributed by atoms with Crippen molar-refractivity contribution in [3.63, 3.8) is 0 Å². The maximum absolute atomic E-state index is 5.85. The lowest BCUT2D eigenvalue weighted by atomic mass is 9.62. The fourth-order valence-corrected chi connectivity index (χ4v) is 4.69. The van der Waals surface area contributed by atoms with Crippen LogP contribution in [0.4, 0.5) is 0 Å². The number of hydrogen-bond donors (Lipinski definition) is 0. The fraction of sp³-hybridized carbons (Fsp3) is 0.520. The molecule has 5 rings (SSSR count). The highest BCUT2D eigenvalue weighted by atomic mass is 16.6. The summed E-state index contributed by atoms with van der Waals surface area (Å²) in [4.78, 5) is 0. The molecule has 3 unspecified atom stereocenters. The van der Waals surface area contributed by atoms with Crippen LogP contribution in [0.15, 0.2) is 48.5 Å². The van der Waals surface area contributed by atoms with Gasteiger partial charge in [0.25, 0.3) is 0 Å². The molecule has 0 radical (unpaired) electrons. The summed E-state index contributed by atoms with van der Waals surface area (Å²) in [7, 11) is 0. The average molecular weight is 395 g/mol. The monoisotopic (exact) mass is 394 g/mol. The van der Waals surface area contributed by atoms with Crippen LogP contribution in [0, 0.1) is 5.92 Å². The molecule has 3 fully saturated rings. The van der Waals surface area contributed by atoms with Gasteiger partial charge in [-0.05, 0) is 54.2 Å². The zero-order chi connectivity index (χ0) is 19.7. The summed E-state index contributed by atoms with van der Waals surface area (Å²) >= 11 is 0. The second-order valence-electron chi connectivity index (χ2n) is 8.87. The van der Waals surface area contributed by atoms with Crippen molar-refractivity contribution in [1.29, 1.82) is 0 Å². The SMILES string of the molecule is CC1CCCC(c2ccc(OCC3CO3)cc2)(c2ccc(OCC3CO3)cc2)C1. The highest BCUT2D eigenvalue weighted by Gasteiger charge is 2.38. The van der Waals surface area contributed by atoms with Crippen LogP contribution in [0.5, 0.6) is 11.5 Å². The first-order valence-corrected chi connectivity index (χ1v) is 10.9. The molecule has 2 saturated heterocycles. The van der Waals surface area contributed by atoms with Gasteiger partial charge in [0.05, 0.1) is 13.2 Å². The quantitative estimate of drug-likeness (QED) is 0.607. The topological polar surface area (TPSA) is 43.5 Å². The van der Waals surface area contributed by atoms with Crippen LogP contribution >= 0.6 is 0 Å². The Morgan fingerprint density at radius 1 is 0.828 bits per heavy atom. The number of benzene rings is 2. The van der Waals surface area contributed by atoms with Gasteiger partial charge in [0.2, 0.25) is 0 Å². The van der Waals surface area contributed by atoms with Gasteiger partial charge in [-0.1, -0.05) is 44.0 Å². The summed E-state index contributed by atoms with van der Waals surface area (Å²) < 4.78 is 22.2. The smallest absolute Gasteiger partial charge is 0.119 e. The van der Waals surface area contributed by atoms with Gasteiger partial charge in [-0.3, -0.25) is 0 Å². The number of hydrogen-bond acceptors (Lipinski definition) is 4. The Bertz CT molecular complexity index is 746. The third-order valence-corrected chi connectivity index (χ3v) is 6.49. The lowest BCUT2D eigenvalue weighted by molar-refractivity contribution is 0.260. The maximum Gasteiger partial charge on any atom is 0.119 e. The first-order valence-electron chi connectivity index (χ1n) is 10.9. The third kappa shape index (κ3) is 4.44. The summed E-state index contributed by atoms with van der Waals surface area (Å²) in [5.74, 6) is 2.57. The average Bonchev–Trinajstić information content (AvgIpc) is 3.66. The van der Waals surface area contributed by atoms with E-state index in [1.807, 2.05) is 0 Å². The molecular formula is C25H30O4. The first-order chi connectivity index (χ1) is 14.2. The molecule has 2 aromatic rings. The van der Waals surface area contributed by atoms with Crippen molar-refractivity contribution in [3.8, 4) is 11.5 Å². The van der Waals surface area contributed by atoms with Crippen molar-refractivity contribution in [1.82, 2.24) is 0 Å². The number of ether oxygens (including phenoxy) is 4. The Balaban J connectivity index is 1.37. The van der Waals surface area contributed by atoms with Crippen molar-refractivity contribution in [2.75, 3.05) is 26.4 Å². The van der Waals surface area contributed by atoms with Gasteiger partial charge in [-0.15, -0.1) is 0 Å². The Morgan fingerprint density at radius 3 is 1.72 bits per heavy atom. The molecule has 1 saturated carbocycles. The Labute approximate surface area is 173 Å². The highest BCUT2D eigenvalue weighted by Crippen LogP contribution is 2.47. The van der Waals surface area contributed by atoms with Crippen molar-refractivity contribution < 1.29 is 18.9 Å². The second kappa shape index (κ2) is 8.00. The maximum atomic E-state index is 5.85. The lowest BCUT2D eigenvalue weighted by Crippen LogP contribution is -2.33. The molecule has 2 aromatic carbocycles. The van der Waals surface area contributed by atoms with E-state index in [9.17, 15) is 0 Å². The van der Waals surface area contributed by atoms with E-state index in [2.05, 4.69) is 55.5 Å². The molecule has 2 heterocycles. The van der Waals surface area contributed by atoms with Gasteiger partial charge in [0.1, 0.15) is 36.9 Å². The van der Waals surface area contributed by atoms with Crippen LogP contribution in [0.2, 0.25) is 0 Å². The lowest BCUT2D eigenvalue weighted by Gasteiger charge is -2.41. The van der Waals surface area contributed by atoms with E-state index in [4.69, 9.17) is 18.9 Å². The molecule has 2 aliphatic heterocycles. The zero-order valence-electron chi connectivity index (χ0n) is 17.1. The molecule has 29 heavy (non-hydrogen) atoms. The van der Waals surface area contributed by atoms with Crippen LogP contribution in [-0.4, -0.2) is 38.6 Å². The number of rotatable bonds is 8. The summed E-state index contributed by atoms with van der Waals surface area (Å²) in [5, 5.41) is 0. The number of epoxide rings is 2. The molecule has 1 aliphatic carbocycles. The van der Waals surface area contributed by atoms with Gasteiger partial charge in [0.15, 0.2) is 0 Å². The molecule has 0 bridgehead atoms. The largest absolute Gasteiger partial charge is 0.491 e. The van der Waals surface area contributed by atoms with Crippen molar-refractivity contribution in [3.05, 3.63) is 59.7 Å². The van der Waals surface area contributed by atoms with Gasteiger partial charge in [-0.25, -0.2) is 0 Å². The molecule has 0 spiro atoms.